The largest absolute Gasteiger partial charge is 0.398 e. The first-order chi connectivity index (χ1) is 9.41. The van der Waals surface area contributed by atoms with Gasteiger partial charge in [-0.15, -0.1) is 0 Å². The van der Waals surface area contributed by atoms with E-state index < -0.39 is 8.24 Å². The molecule has 108 valence electrons. The number of nitrogens with zero attached hydrogens (tertiary/aromatic N) is 2. The van der Waals surface area contributed by atoms with Crippen LogP contribution < -0.4 is 4.57 Å². The molecule has 0 aromatic heterocycles. The van der Waals surface area contributed by atoms with Gasteiger partial charge in [0.1, 0.15) is 7.11 Å². The maximum Gasteiger partial charge on any atom is 0.273 e. The molecule has 0 spiro atoms. The van der Waals surface area contributed by atoms with Gasteiger partial charge in [0, 0.05) is 11.3 Å². The Morgan fingerprint density at radius 2 is 2.00 bits per heavy atom. The number of hydrogen-bond donors (Lipinski definition) is 0. The number of aryl methyl sites for hydroxylation is 1. The Bertz CT molecular complexity index is 561. The molecule has 0 aliphatic carbocycles. The molecule has 1 aromatic rings. The summed E-state index contributed by atoms with van der Waals surface area (Å²) in [5, 5.41) is 3.96. The molecule has 0 saturated carbocycles. The number of para-hydroxylation sites is 1. The minimum absolute atomic E-state index is 0.0235. The highest BCUT2D eigenvalue weighted by Gasteiger charge is 2.42. The summed E-state index contributed by atoms with van der Waals surface area (Å²) >= 11 is 0. The van der Waals surface area contributed by atoms with Crippen molar-refractivity contribution in [3.8, 4) is 0 Å². The molecule has 4 nitrogen and oxygen atoms in total. The second kappa shape index (κ2) is 5.40. The molecule has 0 unspecified atom stereocenters. The van der Waals surface area contributed by atoms with E-state index >= 15 is 0 Å². The third-order valence-corrected chi connectivity index (χ3v) is 5.15. The van der Waals surface area contributed by atoms with Gasteiger partial charge < -0.3 is 9.40 Å². The van der Waals surface area contributed by atoms with Crippen LogP contribution in [0.15, 0.2) is 23.4 Å². The molecule has 0 fully saturated rings. The first kappa shape index (κ1) is 14.8. The van der Waals surface area contributed by atoms with Gasteiger partial charge in [0.25, 0.3) is 5.91 Å². The van der Waals surface area contributed by atoms with E-state index in [2.05, 4.69) is 37.8 Å². The summed E-state index contributed by atoms with van der Waals surface area (Å²) < 4.78 is 1.98. The Labute approximate surface area is 121 Å². The second-order valence-electron chi connectivity index (χ2n) is 6.00. The Hall–Kier alpha value is -1.62. The van der Waals surface area contributed by atoms with Gasteiger partial charge in [-0.25, -0.2) is 0 Å². The van der Waals surface area contributed by atoms with E-state index in [-0.39, 0.29) is 5.91 Å². The molecule has 0 N–H and O–H groups in total. The van der Waals surface area contributed by atoms with Crippen LogP contribution in [0.4, 0.5) is 5.69 Å². The minimum atomic E-state index is -1.82. The lowest BCUT2D eigenvalue weighted by atomic mass is 10.0. The lowest BCUT2D eigenvalue weighted by Gasteiger charge is -2.31. The molecule has 1 heterocycles. The lowest BCUT2D eigenvalue weighted by Crippen LogP contribution is -2.49. The van der Waals surface area contributed by atoms with Crippen LogP contribution in [0, 0.1) is 0 Å². The van der Waals surface area contributed by atoms with Crippen molar-refractivity contribution in [2.45, 2.75) is 39.4 Å². The van der Waals surface area contributed by atoms with Crippen LogP contribution in [0.1, 0.15) is 24.5 Å². The van der Waals surface area contributed by atoms with Crippen molar-refractivity contribution < 1.29 is 9.63 Å². The fourth-order valence-corrected chi connectivity index (χ4v) is 4.31. The summed E-state index contributed by atoms with van der Waals surface area (Å²) in [5.74, 6) is -0.0235. The van der Waals surface area contributed by atoms with E-state index in [0.717, 1.165) is 24.1 Å². The van der Waals surface area contributed by atoms with Crippen LogP contribution in [-0.4, -0.2) is 27.0 Å². The van der Waals surface area contributed by atoms with Crippen molar-refractivity contribution in [3.05, 3.63) is 29.3 Å². The topological polar surface area (TPSA) is 41.9 Å². The van der Waals surface area contributed by atoms with Crippen LogP contribution in [0.5, 0.6) is 0 Å². The molecule has 0 radical (unpaired) electrons. The summed E-state index contributed by atoms with van der Waals surface area (Å²) in [4.78, 5) is 17.6. The quantitative estimate of drug-likeness (QED) is 0.631. The third-order valence-electron chi connectivity index (χ3n) is 3.38. The molecule has 1 aliphatic rings. The number of rotatable bonds is 4. The standard InChI is InChI=1S/C15H22N2O2Si/c1-6-8-11-9-7-10-12-13(16-19-2)15(18)17(14(11)12)20(3,4)5/h7,9-10H,6,8H2,1-5H3/b16-13-. The highest BCUT2D eigenvalue weighted by Crippen LogP contribution is 2.37. The van der Waals surface area contributed by atoms with Crippen LogP contribution in [0.2, 0.25) is 19.6 Å². The maximum absolute atomic E-state index is 12.7. The van der Waals surface area contributed by atoms with Gasteiger partial charge in [-0.05, 0) is 12.0 Å². The van der Waals surface area contributed by atoms with Crippen molar-refractivity contribution in [3.63, 3.8) is 0 Å². The molecule has 5 heteroatoms. The maximum atomic E-state index is 12.7. The Kier molecular flexibility index (Phi) is 3.99. The average Bonchev–Trinajstić information content (AvgIpc) is 2.64. The Balaban J connectivity index is 2.68. The smallest absolute Gasteiger partial charge is 0.273 e. The number of oxime groups is 1. The number of hydrogen-bond acceptors (Lipinski definition) is 3. The van der Waals surface area contributed by atoms with E-state index in [1.165, 1.54) is 12.7 Å². The van der Waals surface area contributed by atoms with Gasteiger partial charge in [0.15, 0.2) is 13.9 Å². The van der Waals surface area contributed by atoms with Crippen molar-refractivity contribution in [2.75, 3.05) is 11.7 Å². The molecule has 2 rings (SSSR count). The molecular formula is C15H22N2O2Si. The van der Waals surface area contributed by atoms with Gasteiger partial charge in [-0.2, -0.15) is 0 Å². The zero-order valence-corrected chi connectivity index (χ0v) is 13.9. The van der Waals surface area contributed by atoms with E-state index in [1.54, 1.807) is 0 Å². The number of anilines is 1. The minimum Gasteiger partial charge on any atom is -0.398 e. The number of carbonyl (C=O) groups is 1. The number of carbonyl (C=O) groups excluding carboxylic acids is 1. The van der Waals surface area contributed by atoms with Crippen molar-refractivity contribution in [2.24, 2.45) is 5.16 Å². The molecule has 1 amide bonds. The van der Waals surface area contributed by atoms with Gasteiger partial charge in [0.2, 0.25) is 0 Å². The highest BCUT2D eigenvalue weighted by atomic mass is 28.3. The SMILES string of the molecule is CCCc1cccc2c1N([Si](C)(C)C)C(=O)/C2=N\OC. The zero-order valence-electron chi connectivity index (χ0n) is 12.9. The molecule has 1 aromatic carbocycles. The molecule has 1 aliphatic heterocycles. The van der Waals surface area contributed by atoms with E-state index in [1.807, 2.05) is 16.7 Å². The van der Waals surface area contributed by atoms with E-state index in [9.17, 15) is 4.79 Å². The number of benzene rings is 1. The van der Waals surface area contributed by atoms with Crippen LogP contribution >= 0.6 is 0 Å². The zero-order chi connectivity index (χ0) is 14.9. The first-order valence-electron chi connectivity index (χ1n) is 6.99. The summed E-state index contributed by atoms with van der Waals surface area (Å²) in [7, 11) is -0.343. The molecule has 0 bridgehead atoms. The van der Waals surface area contributed by atoms with Crippen LogP contribution in [-0.2, 0) is 16.1 Å². The van der Waals surface area contributed by atoms with Gasteiger partial charge in [-0.1, -0.05) is 56.3 Å². The summed E-state index contributed by atoms with van der Waals surface area (Å²) in [6, 6.07) is 6.07. The fraction of sp³-hybridized carbons (Fsp3) is 0.467. The molecule has 0 saturated heterocycles. The third kappa shape index (κ3) is 2.38. The van der Waals surface area contributed by atoms with Gasteiger partial charge in [-0.3, -0.25) is 4.79 Å². The Morgan fingerprint density at radius 3 is 2.55 bits per heavy atom. The molecule has 0 atom stereocenters. The molecule has 20 heavy (non-hydrogen) atoms. The normalized spacial score (nSPS) is 16.8. The van der Waals surface area contributed by atoms with Crippen molar-refractivity contribution in [1.29, 1.82) is 0 Å². The number of amides is 1. The fourth-order valence-electron chi connectivity index (χ4n) is 2.66. The van der Waals surface area contributed by atoms with E-state index in [4.69, 9.17) is 4.84 Å². The van der Waals surface area contributed by atoms with Crippen LogP contribution in [0.3, 0.4) is 0 Å². The summed E-state index contributed by atoms with van der Waals surface area (Å²) in [6.45, 7) is 8.67. The Morgan fingerprint density at radius 1 is 1.30 bits per heavy atom. The van der Waals surface area contributed by atoms with E-state index in [0.29, 0.717) is 5.71 Å². The van der Waals surface area contributed by atoms with Crippen LogP contribution in [0.25, 0.3) is 0 Å². The first-order valence-corrected chi connectivity index (χ1v) is 10.4. The average molecular weight is 290 g/mol. The van der Waals surface area contributed by atoms with Crippen molar-refractivity contribution in [1.82, 2.24) is 0 Å². The van der Waals surface area contributed by atoms with Gasteiger partial charge >= 0.3 is 0 Å². The predicted molar refractivity (Wildman–Crippen MR) is 84.8 cm³/mol. The number of fused-ring (bicyclic) bond motifs is 1. The lowest BCUT2D eigenvalue weighted by molar-refractivity contribution is -0.111. The molecular weight excluding hydrogens is 268 g/mol. The predicted octanol–water partition coefficient (Wildman–Crippen LogP) is 3.17. The van der Waals surface area contributed by atoms with Crippen molar-refractivity contribution >= 4 is 25.5 Å². The summed E-state index contributed by atoms with van der Waals surface area (Å²) in [5.41, 5.74) is 3.62. The monoisotopic (exact) mass is 290 g/mol. The van der Waals surface area contributed by atoms with Gasteiger partial charge in [0.05, 0.1) is 0 Å². The second-order valence-corrected chi connectivity index (χ2v) is 10.8. The highest BCUT2D eigenvalue weighted by molar-refractivity contribution is 6.87. The summed E-state index contributed by atoms with van der Waals surface area (Å²) in [6.07, 6.45) is 2.03.